The third kappa shape index (κ3) is 3.85. The molecule has 0 amide bonds. The maximum Gasteiger partial charge on any atom is 0.241 e. The topological polar surface area (TPSA) is 81.4 Å². The van der Waals surface area contributed by atoms with E-state index >= 15 is 0 Å². The SMILES string of the molecule is COc1ccc(S(=O)(=O)NC(CN)C2CC2)c(C)c1F.Cl. The van der Waals surface area contributed by atoms with Gasteiger partial charge in [0.25, 0.3) is 0 Å². The van der Waals surface area contributed by atoms with E-state index in [1.54, 1.807) is 0 Å². The van der Waals surface area contributed by atoms with Gasteiger partial charge in [-0.25, -0.2) is 17.5 Å². The Morgan fingerprint density at radius 3 is 2.57 bits per heavy atom. The summed E-state index contributed by atoms with van der Waals surface area (Å²) in [4.78, 5) is -0.0742. The summed E-state index contributed by atoms with van der Waals surface area (Å²) in [7, 11) is -2.45. The average Bonchev–Trinajstić information content (AvgIpc) is 3.23. The normalized spacial score (nSPS) is 16.2. The van der Waals surface area contributed by atoms with Gasteiger partial charge in [0.2, 0.25) is 10.0 Å². The largest absolute Gasteiger partial charge is 0.494 e. The summed E-state index contributed by atoms with van der Waals surface area (Å²) in [6.45, 7) is 1.66. The van der Waals surface area contributed by atoms with Gasteiger partial charge < -0.3 is 10.5 Å². The molecule has 0 saturated heterocycles. The van der Waals surface area contributed by atoms with Crippen LogP contribution in [-0.2, 0) is 10.0 Å². The van der Waals surface area contributed by atoms with Gasteiger partial charge in [-0.1, -0.05) is 0 Å². The Morgan fingerprint density at radius 2 is 2.10 bits per heavy atom. The number of nitrogens with one attached hydrogen (secondary N) is 1. The highest BCUT2D eigenvalue weighted by atomic mass is 35.5. The zero-order valence-corrected chi connectivity index (χ0v) is 13.6. The first kappa shape index (κ1) is 18.2. The van der Waals surface area contributed by atoms with Crippen LogP contribution >= 0.6 is 12.4 Å². The fraction of sp³-hybridized carbons (Fsp3) is 0.538. The summed E-state index contributed by atoms with van der Waals surface area (Å²) in [5.74, 6) is -0.344. The van der Waals surface area contributed by atoms with Crippen molar-refractivity contribution in [3.05, 3.63) is 23.5 Å². The van der Waals surface area contributed by atoms with Gasteiger partial charge in [0.1, 0.15) is 0 Å². The molecule has 5 nitrogen and oxygen atoms in total. The van der Waals surface area contributed by atoms with Crippen LogP contribution in [0.3, 0.4) is 0 Å². The lowest BCUT2D eigenvalue weighted by molar-refractivity contribution is 0.384. The second-order valence-electron chi connectivity index (χ2n) is 5.01. The van der Waals surface area contributed by atoms with Crippen molar-refractivity contribution in [3.8, 4) is 5.75 Å². The van der Waals surface area contributed by atoms with Crippen molar-refractivity contribution in [2.75, 3.05) is 13.7 Å². The van der Waals surface area contributed by atoms with Crippen molar-refractivity contribution in [1.82, 2.24) is 4.72 Å². The standard InChI is InChI=1S/C13H19FN2O3S.ClH/c1-8-12(6-5-11(19-2)13(8)14)20(17,18)16-10(7-15)9-3-4-9;/h5-6,9-10,16H,3-4,7,15H2,1-2H3;1H. The van der Waals surface area contributed by atoms with Gasteiger partial charge >= 0.3 is 0 Å². The molecule has 8 heteroatoms. The quantitative estimate of drug-likeness (QED) is 0.825. The molecule has 1 aromatic rings. The van der Waals surface area contributed by atoms with Crippen molar-refractivity contribution < 1.29 is 17.5 Å². The van der Waals surface area contributed by atoms with E-state index in [4.69, 9.17) is 10.5 Å². The Morgan fingerprint density at radius 1 is 1.48 bits per heavy atom. The van der Waals surface area contributed by atoms with E-state index in [1.165, 1.54) is 26.2 Å². The fourth-order valence-corrected chi connectivity index (χ4v) is 3.74. The van der Waals surface area contributed by atoms with Crippen molar-refractivity contribution in [1.29, 1.82) is 0 Å². The first-order chi connectivity index (χ1) is 9.40. The monoisotopic (exact) mass is 338 g/mol. The molecule has 1 aromatic carbocycles. The molecule has 0 aromatic heterocycles. The van der Waals surface area contributed by atoms with Gasteiger partial charge in [-0.05, 0) is 37.8 Å². The Balaban J connectivity index is 0.00000220. The van der Waals surface area contributed by atoms with Gasteiger partial charge in [0.05, 0.1) is 12.0 Å². The molecule has 1 fully saturated rings. The van der Waals surface area contributed by atoms with Crippen LogP contribution in [0.2, 0.25) is 0 Å². The van der Waals surface area contributed by atoms with E-state index in [0.717, 1.165) is 12.8 Å². The lowest BCUT2D eigenvalue weighted by Gasteiger charge is -2.18. The minimum atomic E-state index is -3.78. The molecular formula is C13H20ClFN2O3S. The number of sulfonamides is 1. The molecule has 1 aliphatic carbocycles. The Hall–Kier alpha value is -0.890. The fourth-order valence-electron chi connectivity index (χ4n) is 2.19. The smallest absolute Gasteiger partial charge is 0.241 e. The van der Waals surface area contributed by atoms with Crippen molar-refractivity contribution in [3.63, 3.8) is 0 Å². The number of methoxy groups -OCH3 is 1. The zero-order chi connectivity index (χ0) is 14.9. The maximum atomic E-state index is 13.9. The number of benzene rings is 1. The van der Waals surface area contributed by atoms with E-state index in [-0.39, 0.29) is 47.1 Å². The van der Waals surface area contributed by atoms with E-state index in [2.05, 4.69) is 4.72 Å². The highest BCUT2D eigenvalue weighted by molar-refractivity contribution is 7.89. The van der Waals surface area contributed by atoms with Crippen LogP contribution in [0.5, 0.6) is 5.75 Å². The molecule has 1 unspecified atom stereocenters. The van der Waals surface area contributed by atoms with Crippen LogP contribution in [0.15, 0.2) is 17.0 Å². The van der Waals surface area contributed by atoms with Crippen molar-refractivity contribution >= 4 is 22.4 Å². The van der Waals surface area contributed by atoms with Crippen LogP contribution in [-0.4, -0.2) is 28.1 Å². The minimum absolute atomic E-state index is 0. The van der Waals surface area contributed by atoms with Gasteiger partial charge in [-0.15, -0.1) is 12.4 Å². The Labute approximate surface area is 130 Å². The molecule has 0 spiro atoms. The molecule has 21 heavy (non-hydrogen) atoms. The number of halogens is 2. The number of hydrogen-bond acceptors (Lipinski definition) is 4. The molecule has 0 heterocycles. The lowest BCUT2D eigenvalue weighted by Crippen LogP contribution is -2.41. The first-order valence-electron chi connectivity index (χ1n) is 6.46. The summed E-state index contributed by atoms with van der Waals surface area (Å²) in [5, 5.41) is 0. The molecular weight excluding hydrogens is 319 g/mol. The molecule has 1 saturated carbocycles. The van der Waals surface area contributed by atoms with Gasteiger partial charge in [-0.3, -0.25) is 0 Å². The highest BCUT2D eigenvalue weighted by Crippen LogP contribution is 2.33. The maximum absolute atomic E-state index is 13.9. The summed E-state index contributed by atoms with van der Waals surface area (Å²) < 4.78 is 46.0. The van der Waals surface area contributed by atoms with E-state index in [9.17, 15) is 12.8 Å². The number of hydrogen-bond donors (Lipinski definition) is 2. The first-order valence-corrected chi connectivity index (χ1v) is 7.94. The van der Waals surface area contributed by atoms with Crippen molar-refractivity contribution in [2.24, 2.45) is 11.7 Å². The van der Waals surface area contributed by atoms with Gasteiger partial charge in [-0.2, -0.15) is 0 Å². The van der Waals surface area contributed by atoms with E-state index < -0.39 is 15.8 Å². The highest BCUT2D eigenvalue weighted by Gasteiger charge is 2.34. The molecule has 120 valence electrons. The molecule has 0 bridgehead atoms. The molecule has 0 radical (unpaired) electrons. The number of rotatable bonds is 6. The molecule has 0 aliphatic heterocycles. The third-order valence-corrected chi connectivity index (χ3v) is 5.20. The predicted molar refractivity (Wildman–Crippen MR) is 80.8 cm³/mol. The number of nitrogens with two attached hydrogens (primary N) is 1. The van der Waals surface area contributed by atoms with Crippen LogP contribution in [0.4, 0.5) is 4.39 Å². The zero-order valence-electron chi connectivity index (χ0n) is 11.9. The second-order valence-corrected chi connectivity index (χ2v) is 6.69. The number of ether oxygens (including phenoxy) is 1. The lowest BCUT2D eigenvalue weighted by atomic mass is 10.2. The van der Waals surface area contributed by atoms with Crippen LogP contribution < -0.4 is 15.2 Å². The molecule has 1 atom stereocenters. The van der Waals surface area contributed by atoms with E-state index in [0.29, 0.717) is 0 Å². The second kappa shape index (κ2) is 6.91. The summed E-state index contributed by atoms with van der Waals surface area (Å²) in [5.41, 5.74) is 5.64. The van der Waals surface area contributed by atoms with Crippen molar-refractivity contribution in [2.45, 2.75) is 30.7 Å². The molecule has 3 N–H and O–H groups in total. The summed E-state index contributed by atoms with van der Waals surface area (Å²) in [6.07, 6.45) is 1.95. The average molecular weight is 339 g/mol. The Bertz CT molecular complexity index is 606. The molecule has 2 rings (SSSR count). The Kier molecular flexibility index (Phi) is 5.98. The van der Waals surface area contributed by atoms with Crippen LogP contribution in [0, 0.1) is 18.7 Å². The minimum Gasteiger partial charge on any atom is -0.494 e. The van der Waals surface area contributed by atoms with Crippen LogP contribution in [0.1, 0.15) is 18.4 Å². The summed E-state index contributed by atoms with van der Waals surface area (Å²) in [6, 6.07) is 2.37. The van der Waals surface area contributed by atoms with Crippen LogP contribution in [0.25, 0.3) is 0 Å². The van der Waals surface area contributed by atoms with Gasteiger partial charge in [0, 0.05) is 18.2 Å². The summed E-state index contributed by atoms with van der Waals surface area (Å²) >= 11 is 0. The predicted octanol–water partition coefficient (Wildman–Crippen LogP) is 1.58. The third-order valence-electron chi connectivity index (χ3n) is 3.56. The van der Waals surface area contributed by atoms with E-state index in [1.807, 2.05) is 0 Å². The molecule has 1 aliphatic rings. The van der Waals surface area contributed by atoms with Gasteiger partial charge in [0.15, 0.2) is 11.6 Å².